The van der Waals surface area contributed by atoms with E-state index in [1.165, 1.54) is 30.4 Å². The van der Waals surface area contributed by atoms with Crippen molar-refractivity contribution in [2.24, 2.45) is 0 Å². The van der Waals surface area contributed by atoms with Gasteiger partial charge in [0.25, 0.3) is 0 Å². The summed E-state index contributed by atoms with van der Waals surface area (Å²) in [5.41, 5.74) is 2.62. The zero-order valence-electron chi connectivity index (χ0n) is 14.5. The van der Waals surface area contributed by atoms with Crippen molar-refractivity contribution in [2.45, 2.75) is 70.6 Å². The Bertz CT molecular complexity index is 418. The molecule has 1 saturated carbocycles. The van der Waals surface area contributed by atoms with E-state index >= 15 is 0 Å². The van der Waals surface area contributed by atoms with Gasteiger partial charge >= 0.3 is 0 Å². The van der Waals surface area contributed by atoms with Gasteiger partial charge in [-0.15, -0.1) is 12.4 Å². The predicted molar refractivity (Wildman–Crippen MR) is 98.3 cm³/mol. The lowest BCUT2D eigenvalue weighted by Gasteiger charge is -2.24. The molecule has 1 aliphatic carbocycles. The highest BCUT2D eigenvalue weighted by Gasteiger charge is 2.16. The van der Waals surface area contributed by atoms with E-state index in [0.717, 1.165) is 19.3 Å². The molecule has 0 aliphatic heterocycles. The Balaban J connectivity index is 0.00000264. The van der Waals surface area contributed by atoms with Crippen molar-refractivity contribution in [1.82, 2.24) is 5.32 Å². The van der Waals surface area contributed by atoms with Gasteiger partial charge in [-0.25, -0.2) is 0 Å². The number of hydrogen-bond donors (Lipinski definition) is 2. The van der Waals surface area contributed by atoms with Crippen LogP contribution in [0.4, 0.5) is 0 Å². The first-order chi connectivity index (χ1) is 10.7. The second-order valence-corrected chi connectivity index (χ2v) is 6.47. The number of rotatable bonds is 8. The van der Waals surface area contributed by atoms with Gasteiger partial charge in [0.1, 0.15) is 0 Å². The topological polar surface area (TPSA) is 41.5 Å². The summed E-state index contributed by atoms with van der Waals surface area (Å²) < 4.78 is 5.82. The van der Waals surface area contributed by atoms with Crippen LogP contribution in [0, 0.1) is 0 Å². The van der Waals surface area contributed by atoms with Crippen LogP contribution in [-0.2, 0) is 11.2 Å². The third-order valence-corrected chi connectivity index (χ3v) is 4.62. The summed E-state index contributed by atoms with van der Waals surface area (Å²) in [4.78, 5) is 0. The van der Waals surface area contributed by atoms with Crippen LogP contribution in [0.1, 0.15) is 63.1 Å². The van der Waals surface area contributed by atoms with Crippen molar-refractivity contribution < 1.29 is 9.84 Å². The summed E-state index contributed by atoms with van der Waals surface area (Å²) in [6.45, 7) is 5.32. The molecule has 3 nitrogen and oxygen atoms in total. The molecule has 0 heterocycles. The molecule has 1 aromatic carbocycles. The molecule has 0 radical (unpaired) electrons. The average Bonchev–Trinajstić information content (AvgIpc) is 2.58. The highest BCUT2D eigenvalue weighted by atomic mass is 35.5. The first-order valence-electron chi connectivity index (χ1n) is 8.81. The van der Waals surface area contributed by atoms with E-state index in [9.17, 15) is 5.11 Å². The SMILES string of the molecule is CCc1ccc(C(C)NCC(O)COC2CCCCC2)cc1.Cl. The predicted octanol–water partition coefficient (Wildman–Crippen LogP) is 4.03. The van der Waals surface area contributed by atoms with Crippen LogP contribution in [0.3, 0.4) is 0 Å². The second kappa shape index (κ2) is 11.0. The summed E-state index contributed by atoms with van der Waals surface area (Å²) in [5, 5.41) is 13.5. The summed E-state index contributed by atoms with van der Waals surface area (Å²) in [5.74, 6) is 0. The molecule has 0 bridgehead atoms. The van der Waals surface area contributed by atoms with Crippen molar-refractivity contribution in [1.29, 1.82) is 0 Å². The Morgan fingerprint density at radius 1 is 1.17 bits per heavy atom. The van der Waals surface area contributed by atoms with Gasteiger partial charge in [-0.3, -0.25) is 0 Å². The quantitative estimate of drug-likeness (QED) is 0.750. The van der Waals surface area contributed by atoms with Crippen LogP contribution in [0.5, 0.6) is 0 Å². The van der Waals surface area contributed by atoms with E-state index < -0.39 is 6.10 Å². The van der Waals surface area contributed by atoms with E-state index in [-0.39, 0.29) is 18.4 Å². The molecule has 4 heteroatoms. The van der Waals surface area contributed by atoms with Crippen molar-refractivity contribution >= 4 is 12.4 Å². The van der Waals surface area contributed by atoms with Gasteiger partial charge in [-0.2, -0.15) is 0 Å². The molecular weight excluding hydrogens is 310 g/mol. The normalized spacial score (nSPS) is 18.2. The summed E-state index contributed by atoms with van der Waals surface area (Å²) >= 11 is 0. The van der Waals surface area contributed by atoms with Crippen LogP contribution in [-0.4, -0.2) is 30.5 Å². The van der Waals surface area contributed by atoms with Crippen molar-refractivity contribution in [2.75, 3.05) is 13.2 Å². The first kappa shape index (κ1) is 20.4. The number of halogens is 1. The highest BCUT2D eigenvalue weighted by Crippen LogP contribution is 2.20. The standard InChI is InChI=1S/C19H31NO2.ClH/c1-3-16-9-11-17(12-10-16)15(2)20-13-18(21)14-22-19-7-5-4-6-8-19;/h9-12,15,18-21H,3-8,13-14H2,1-2H3;1H. The Labute approximate surface area is 147 Å². The molecule has 2 atom stereocenters. The minimum Gasteiger partial charge on any atom is -0.389 e. The van der Waals surface area contributed by atoms with E-state index in [4.69, 9.17) is 4.74 Å². The van der Waals surface area contributed by atoms with Crippen molar-refractivity contribution in [3.8, 4) is 0 Å². The van der Waals surface area contributed by atoms with Crippen LogP contribution >= 0.6 is 12.4 Å². The molecule has 0 aromatic heterocycles. The number of hydrogen-bond acceptors (Lipinski definition) is 3. The number of aliphatic hydroxyl groups is 1. The monoisotopic (exact) mass is 341 g/mol. The summed E-state index contributed by atoms with van der Waals surface area (Å²) in [7, 11) is 0. The van der Waals surface area contributed by atoms with Gasteiger partial charge in [0.05, 0.1) is 18.8 Å². The van der Waals surface area contributed by atoms with Crippen molar-refractivity contribution in [3.05, 3.63) is 35.4 Å². The van der Waals surface area contributed by atoms with Crippen LogP contribution in [0.25, 0.3) is 0 Å². The molecule has 2 rings (SSSR count). The van der Waals surface area contributed by atoms with Gasteiger partial charge in [-0.1, -0.05) is 50.5 Å². The number of aryl methyl sites for hydroxylation is 1. The molecule has 0 spiro atoms. The highest BCUT2D eigenvalue weighted by molar-refractivity contribution is 5.85. The lowest BCUT2D eigenvalue weighted by molar-refractivity contribution is -0.0235. The van der Waals surface area contributed by atoms with E-state index in [1.54, 1.807) is 0 Å². The molecule has 2 N–H and O–H groups in total. The first-order valence-corrected chi connectivity index (χ1v) is 8.81. The van der Waals surface area contributed by atoms with E-state index in [0.29, 0.717) is 19.3 Å². The largest absolute Gasteiger partial charge is 0.389 e. The third kappa shape index (κ3) is 7.21. The van der Waals surface area contributed by atoms with Gasteiger partial charge < -0.3 is 15.2 Å². The molecule has 2 unspecified atom stereocenters. The average molecular weight is 342 g/mol. The molecule has 1 aliphatic rings. The van der Waals surface area contributed by atoms with Crippen LogP contribution in [0.15, 0.2) is 24.3 Å². The minimum absolute atomic E-state index is 0. The molecular formula is C19H32ClNO2. The molecule has 0 amide bonds. The van der Waals surface area contributed by atoms with Crippen molar-refractivity contribution in [3.63, 3.8) is 0 Å². The summed E-state index contributed by atoms with van der Waals surface area (Å²) in [6.07, 6.45) is 7.17. The lowest BCUT2D eigenvalue weighted by Crippen LogP contribution is -2.33. The second-order valence-electron chi connectivity index (χ2n) is 6.47. The van der Waals surface area contributed by atoms with E-state index in [2.05, 4.69) is 43.4 Å². The Morgan fingerprint density at radius 3 is 2.43 bits per heavy atom. The van der Waals surface area contributed by atoms with E-state index in [1.807, 2.05) is 0 Å². The van der Waals surface area contributed by atoms with Gasteiger partial charge in [0, 0.05) is 12.6 Å². The fourth-order valence-electron chi connectivity index (χ4n) is 3.01. The minimum atomic E-state index is -0.431. The fourth-order valence-corrected chi connectivity index (χ4v) is 3.01. The molecule has 23 heavy (non-hydrogen) atoms. The molecule has 0 saturated heterocycles. The maximum Gasteiger partial charge on any atom is 0.0898 e. The maximum absolute atomic E-state index is 10.1. The maximum atomic E-state index is 10.1. The zero-order valence-corrected chi connectivity index (χ0v) is 15.3. The Kier molecular flexibility index (Phi) is 9.80. The number of ether oxygens (including phenoxy) is 1. The zero-order chi connectivity index (χ0) is 15.8. The van der Waals surface area contributed by atoms with Crippen LogP contribution < -0.4 is 5.32 Å². The van der Waals surface area contributed by atoms with Gasteiger partial charge in [0.2, 0.25) is 0 Å². The third-order valence-electron chi connectivity index (χ3n) is 4.62. The number of aliphatic hydroxyl groups excluding tert-OH is 1. The fraction of sp³-hybridized carbons (Fsp3) is 0.684. The lowest BCUT2D eigenvalue weighted by atomic mass is 9.98. The smallest absolute Gasteiger partial charge is 0.0898 e. The molecule has 132 valence electrons. The Morgan fingerprint density at radius 2 is 1.83 bits per heavy atom. The van der Waals surface area contributed by atoms with Gasteiger partial charge in [0.15, 0.2) is 0 Å². The molecule has 1 fully saturated rings. The van der Waals surface area contributed by atoms with Gasteiger partial charge in [-0.05, 0) is 37.3 Å². The number of benzene rings is 1. The van der Waals surface area contributed by atoms with Crippen LogP contribution in [0.2, 0.25) is 0 Å². The molecule has 1 aromatic rings. The number of nitrogens with one attached hydrogen (secondary N) is 1. The Hall–Kier alpha value is -0.610. The summed E-state index contributed by atoms with van der Waals surface area (Å²) in [6, 6.07) is 8.94.